The van der Waals surface area contributed by atoms with Gasteiger partial charge in [0.1, 0.15) is 17.4 Å². The summed E-state index contributed by atoms with van der Waals surface area (Å²) < 4.78 is 7.89. The molecule has 12 nitrogen and oxygen atoms in total. The summed E-state index contributed by atoms with van der Waals surface area (Å²) in [7, 11) is 0. The second-order valence-electron chi connectivity index (χ2n) is 14.4. The Hall–Kier alpha value is -4.44. The fourth-order valence-electron chi connectivity index (χ4n) is 7.93. The summed E-state index contributed by atoms with van der Waals surface area (Å²) in [4.78, 5) is 31.4. The number of aromatic amines is 1. The zero-order valence-corrected chi connectivity index (χ0v) is 30.7. The number of pyridine rings is 1. The number of piperidine rings is 1. The predicted octanol–water partition coefficient (Wildman–Crippen LogP) is 5.04. The third kappa shape index (κ3) is 7.14. The smallest absolute Gasteiger partial charge is 0.349 e. The number of H-pyrrole nitrogens is 1. The highest BCUT2D eigenvalue weighted by Crippen LogP contribution is 2.51. The number of hydrogen-bond acceptors (Lipinski definition) is 12. The van der Waals surface area contributed by atoms with Crippen molar-refractivity contribution in [2.75, 3.05) is 26.2 Å². The number of aromatic hydroxyl groups is 1. The molecule has 0 bridgehead atoms. The van der Waals surface area contributed by atoms with E-state index >= 15 is 0 Å². The van der Waals surface area contributed by atoms with Crippen LogP contribution in [-0.4, -0.2) is 78.4 Å². The fraction of sp³-hybridized carbons (Fsp3) is 0.385. The topological polar surface area (TPSA) is 166 Å². The van der Waals surface area contributed by atoms with E-state index in [1.165, 1.54) is 34.8 Å². The number of esters is 1. The molecule has 1 spiro atoms. The second kappa shape index (κ2) is 14.8. The molecule has 1 atom stereocenters. The SMILES string of the molecule is O=C(OC1CC2(CCN(CCCn3nnc4cc(CNC[C@H](O)c5ccc(O)c6[nH]c(=O)ccc56)ccc43)CC2)C1)C(O)(c1cccs1)c1cccs1. The summed E-state index contributed by atoms with van der Waals surface area (Å²) >= 11 is 2.72. The molecular formula is C39H42N6O6S2. The van der Waals surface area contributed by atoms with Gasteiger partial charge in [-0.1, -0.05) is 29.5 Å². The van der Waals surface area contributed by atoms with Crippen LogP contribution in [0.1, 0.15) is 59.1 Å². The first-order chi connectivity index (χ1) is 25.7. The van der Waals surface area contributed by atoms with E-state index in [-0.39, 0.29) is 29.4 Å². The number of phenols is 1. The van der Waals surface area contributed by atoms with Gasteiger partial charge in [-0.2, -0.15) is 0 Å². The van der Waals surface area contributed by atoms with Crippen LogP contribution in [0.25, 0.3) is 21.9 Å². The third-order valence-corrected chi connectivity index (χ3v) is 12.9. The number of thiophene rings is 2. The van der Waals surface area contributed by atoms with Crippen molar-refractivity contribution in [1.29, 1.82) is 0 Å². The van der Waals surface area contributed by atoms with E-state index < -0.39 is 17.7 Å². The molecule has 2 aliphatic rings. The van der Waals surface area contributed by atoms with E-state index in [4.69, 9.17) is 4.74 Å². The maximum atomic E-state index is 13.4. The maximum Gasteiger partial charge on any atom is 0.349 e. The quantitative estimate of drug-likeness (QED) is 0.101. The number of phenolic OH excluding ortho intramolecular Hbond substituents is 1. The van der Waals surface area contributed by atoms with Crippen LogP contribution in [0.5, 0.6) is 5.75 Å². The number of likely N-dealkylation sites (tertiary alicyclic amines) is 1. The van der Waals surface area contributed by atoms with Crippen molar-refractivity contribution in [1.82, 2.24) is 30.2 Å². The van der Waals surface area contributed by atoms with Gasteiger partial charge >= 0.3 is 5.97 Å². The molecule has 5 heterocycles. The van der Waals surface area contributed by atoms with Gasteiger partial charge in [-0.25, -0.2) is 9.48 Å². The number of aryl methyl sites for hydroxylation is 1. The number of rotatable bonds is 13. The zero-order chi connectivity index (χ0) is 36.6. The molecule has 0 unspecified atom stereocenters. The van der Waals surface area contributed by atoms with Gasteiger partial charge in [-0.05, 0) is 115 Å². The number of carbonyl (C=O) groups excluding carboxylic acids is 1. The Balaban J connectivity index is 0.776. The van der Waals surface area contributed by atoms with Crippen LogP contribution in [0.3, 0.4) is 0 Å². The molecule has 6 aromatic rings. The fourth-order valence-corrected chi connectivity index (χ4v) is 9.64. The number of aromatic nitrogens is 4. The molecule has 0 radical (unpaired) electrons. The Morgan fingerprint density at radius 3 is 2.51 bits per heavy atom. The number of aliphatic hydroxyl groups excluding tert-OH is 1. The lowest BCUT2D eigenvalue weighted by Crippen LogP contribution is -2.52. The van der Waals surface area contributed by atoms with E-state index in [1.54, 1.807) is 24.3 Å². The predicted molar refractivity (Wildman–Crippen MR) is 204 cm³/mol. The number of benzene rings is 2. The number of ether oxygens (including phenoxy) is 1. The highest BCUT2D eigenvalue weighted by atomic mass is 32.1. The van der Waals surface area contributed by atoms with Gasteiger partial charge in [0.2, 0.25) is 11.2 Å². The molecule has 4 aromatic heterocycles. The molecule has 1 saturated carbocycles. The van der Waals surface area contributed by atoms with E-state index in [1.807, 2.05) is 45.8 Å². The van der Waals surface area contributed by atoms with Crippen LogP contribution in [0, 0.1) is 5.41 Å². The van der Waals surface area contributed by atoms with Gasteiger partial charge in [-0.3, -0.25) is 4.79 Å². The summed E-state index contributed by atoms with van der Waals surface area (Å²) in [6.45, 7) is 4.58. The van der Waals surface area contributed by atoms with Crippen molar-refractivity contribution in [3.63, 3.8) is 0 Å². The molecule has 14 heteroatoms. The van der Waals surface area contributed by atoms with Crippen LogP contribution in [0.2, 0.25) is 0 Å². The van der Waals surface area contributed by atoms with Gasteiger partial charge in [-0.15, -0.1) is 27.8 Å². The normalized spacial score (nSPS) is 17.0. The van der Waals surface area contributed by atoms with E-state index in [0.717, 1.165) is 74.9 Å². The number of fused-ring (bicyclic) bond motifs is 2. The Labute approximate surface area is 313 Å². The Kier molecular flexibility index (Phi) is 9.91. The van der Waals surface area contributed by atoms with Crippen molar-refractivity contribution in [3.8, 4) is 5.75 Å². The first-order valence-electron chi connectivity index (χ1n) is 18.0. The van der Waals surface area contributed by atoms with Crippen LogP contribution in [-0.2, 0) is 28.2 Å². The van der Waals surface area contributed by atoms with Crippen molar-refractivity contribution in [2.45, 2.75) is 63.0 Å². The third-order valence-electron chi connectivity index (χ3n) is 10.9. The van der Waals surface area contributed by atoms with Crippen molar-refractivity contribution in [2.24, 2.45) is 5.41 Å². The molecule has 53 heavy (non-hydrogen) atoms. The number of carbonyl (C=O) groups is 1. The van der Waals surface area contributed by atoms with Crippen molar-refractivity contribution >= 4 is 50.6 Å². The number of nitrogens with zero attached hydrogens (tertiary/aromatic N) is 4. The summed E-state index contributed by atoms with van der Waals surface area (Å²) in [5.41, 5.74) is 1.89. The first-order valence-corrected chi connectivity index (χ1v) is 19.8. The minimum absolute atomic E-state index is 0.0378. The molecular weight excluding hydrogens is 713 g/mol. The molecule has 8 rings (SSSR count). The molecule has 2 aromatic carbocycles. The zero-order valence-electron chi connectivity index (χ0n) is 29.1. The largest absolute Gasteiger partial charge is 0.506 e. The first kappa shape index (κ1) is 35.6. The number of hydrogen-bond donors (Lipinski definition) is 5. The number of aliphatic hydroxyl groups is 2. The average molecular weight is 755 g/mol. The van der Waals surface area contributed by atoms with E-state index in [0.29, 0.717) is 32.8 Å². The van der Waals surface area contributed by atoms with Crippen LogP contribution < -0.4 is 10.9 Å². The van der Waals surface area contributed by atoms with Gasteiger partial charge in [0.05, 0.1) is 26.9 Å². The number of nitrogens with one attached hydrogen (secondary N) is 2. The second-order valence-corrected chi connectivity index (χ2v) is 16.3. The standard InChI is InChI=1S/C39H42N6O6S2/c46-31-10-7-27(28-8-11-35(48)41-36(28)31)32(47)24-40-23-25-6-9-30-29(20-25)42-43-45(30)15-3-14-44-16-12-38(13-17-44)21-26(22-38)51-37(49)39(50,33-4-1-18-52-33)34-5-2-19-53-34/h1-2,4-11,18-20,26,32,40,46-47,50H,3,12-17,21-24H2,(H,41,48)/t32-/m0/s1. The lowest BCUT2D eigenvalue weighted by Gasteiger charge is -2.51. The maximum absolute atomic E-state index is 13.4. The highest BCUT2D eigenvalue weighted by molar-refractivity contribution is 7.12. The van der Waals surface area contributed by atoms with Crippen LogP contribution in [0.15, 0.2) is 82.3 Å². The highest BCUT2D eigenvalue weighted by Gasteiger charge is 2.51. The molecule has 1 aliphatic carbocycles. The van der Waals surface area contributed by atoms with Crippen molar-refractivity contribution in [3.05, 3.63) is 109 Å². The molecule has 276 valence electrons. The van der Waals surface area contributed by atoms with Gasteiger partial charge in [0.25, 0.3) is 0 Å². The van der Waals surface area contributed by atoms with Gasteiger partial charge in [0.15, 0.2) is 0 Å². The molecule has 2 fully saturated rings. The Bertz CT molecular complexity index is 2220. The lowest BCUT2D eigenvalue weighted by molar-refractivity contribution is -0.181. The monoisotopic (exact) mass is 754 g/mol. The molecule has 1 aliphatic heterocycles. The van der Waals surface area contributed by atoms with Crippen LogP contribution in [0.4, 0.5) is 0 Å². The van der Waals surface area contributed by atoms with Gasteiger partial charge in [0, 0.05) is 31.1 Å². The van der Waals surface area contributed by atoms with Gasteiger partial charge < -0.3 is 35.3 Å². The summed E-state index contributed by atoms with van der Waals surface area (Å²) in [6, 6.07) is 19.5. The lowest BCUT2D eigenvalue weighted by atomic mass is 9.61. The minimum Gasteiger partial charge on any atom is -0.506 e. The van der Waals surface area contributed by atoms with E-state index in [2.05, 4.69) is 25.5 Å². The molecule has 0 amide bonds. The summed E-state index contributed by atoms with van der Waals surface area (Å²) in [5, 5.41) is 49.0. The van der Waals surface area contributed by atoms with Crippen molar-refractivity contribution < 1.29 is 24.9 Å². The minimum atomic E-state index is -1.76. The average Bonchev–Trinajstić information content (AvgIpc) is 3.96. The Morgan fingerprint density at radius 2 is 1.79 bits per heavy atom. The summed E-state index contributed by atoms with van der Waals surface area (Å²) in [5.74, 6) is -0.616. The van der Waals surface area contributed by atoms with E-state index in [9.17, 15) is 24.9 Å². The molecule has 1 saturated heterocycles. The molecule has 5 N–H and O–H groups in total. The Morgan fingerprint density at radius 1 is 1.04 bits per heavy atom. The van der Waals surface area contributed by atoms with Crippen LogP contribution >= 0.6 is 22.7 Å². The summed E-state index contributed by atoms with van der Waals surface area (Å²) in [6.07, 6.45) is 3.80.